The summed E-state index contributed by atoms with van der Waals surface area (Å²) in [6, 6.07) is 9.29. The first kappa shape index (κ1) is 24.0. The number of aliphatic hydroxyl groups is 1. The zero-order chi connectivity index (χ0) is 23.3. The van der Waals surface area contributed by atoms with Crippen LogP contribution in [0.1, 0.15) is 85.0 Å². The van der Waals surface area contributed by atoms with Gasteiger partial charge in [0.05, 0.1) is 24.1 Å². The highest BCUT2D eigenvalue weighted by Gasteiger charge is 2.58. The molecule has 9 atom stereocenters. The zero-order valence-electron chi connectivity index (χ0n) is 20.7. The van der Waals surface area contributed by atoms with Crippen molar-refractivity contribution in [1.29, 1.82) is 0 Å². The molecule has 1 aromatic carbocycles. The fraction of sp³-hybridized carbons (Fsp3) is 0.786. The highest BCUT2D eigenvalue weighted by atomic mass is 31.2. The van der Waals surface area contributed by atoms with Crippen molar-refractivity contribution in [2.24, 2.45) is 34.5 Å². The number of hydrogen-bond donors (Lipinski definition) is 1. The highest BCUT2D eigenvalue weighted by molar-refractivity contribution is 7.62. The Balaban J connectivity index is 1.31. The molecular formula is C28H43O4P. The molecule has 4 fully saturated rings. The third kappa shape index (κ3) is 4.39. The molecule has 0 spiro atoms. The third-order valence-electron chi connectivity index (χ3n) is 10.2. The highest BCUT2D eigenvalue weighted by Crippen LogP contribution is 2.66. The van der Waals surface area contributed by atoms with Crippen molar-refractivity contribution in [2.45, 2.75) is 97.2 Å². The van der Waals surface area contributed by atoms with Gasteiger partial charge in [-0.2, -0.15) is 0 Å². The first-order valence-electron chi connectivity index (χ1n) is 13.4. The zero-order valence-corrected chi connectivity index (χ0v) is 21.6. The first-order valence-corrected chi connectivity index (χ1v) is 14.9. The van der Waals surface area contributed by atoms with Crippen molar-refractivity contribution in [3.8, 4) is 0 Å². The van der Waals surface area contributed by atoms with Crippen LogP contribution in [0.4, 0.5) is 0 Å². The van der Waals surface area contributed by atoms with Crippen LogP contribution >= 0.6 is 7.60 Å². The molecular weight excluding hydrogens is 431 g/mol. The van der Waals surface area contributed by atoms with E-state index in [0.717, 1.165) is 37.0 Å². The van der Waals surface area contributed by atoms with Gasteiger partial charge in [-0.25, -0.2) is 0 Å². The Morgan fingerprint density at radius 2 is 1.82 bits per heavy atom. The van der Waals surface area contributed by atoms with Crippen molar-refractivity contribution in [3.05, 3.63) is 30.3 Å². The van der Waals surface area contributed by atoms with Gasteiger partial charge < -0.3 is 14.2 Å². The lowest BCUT2D eigenvalue weighted by Crippen LogP contribution is -2.53. The average Bonchev–Trinajstić information content (AvgIpc) is 3.20. The van der Waals surface area contributed by atoms with Gasteiger partial charge in [-0.15, -0.1) is 0 Å². The van der Waals surface area contributed by atoms with E-state index in [0.29, 0.717) is 22.1 Å². The summed E-state index contributed by atoms with van der Waals surface area (Å²) in [5, 5.41) is 10.3. The summed E-state index contributed by atoms with van der Waals surface area (Å²) >= 11 is 0. The lowest BCUT2D eigenvalue weighted by Gasteiger charge is -2.60. The van der Waals surface area contributed by atoms with Crippen LogP contribution in [0.2, 0.25) is 0 Å². The molecule has 4 saturated carbocycles. The predicted octanol–water partition coefficient (Wildman–Crippen LogP) is 6.72. The lowest BCUT2D eigenvalue weighted by molar-refractivity contribution is -0.118. The Labute approximate surface area is 200 Å². The second-order valence-electron chi connectivity index (χ2n) is 12.2. The first-order chi connectivity index (χ1) is 15.7. The van der Waals surface area contributed by atoms with Crippen LogP contribution in [0.25, 0.3) is 0 Å². The number of benzene rings is 1. The molecule has 0 heterocycles. The van der Waals surface area contributed by atoms with Crippen LogP contribution in [0, 0.1) is 34.5 Å². The van der Waals surface area contributed by atoms with E-state index in [1.54, 1.807) is 6.92 Å². The lowest BCUT2D eigenvalue weighted by atomic mass is 9.45. The molecule has 4 nitrogen and oxygen atoms in total. The van der Waals surface area contributed by atoms with Crippen LogP contribution < -0.4 is 5.30 Å². The Morgan fingerprint density at radius 3 is 2.58 bits per heavy atom. The molecule has 2 unspecified atom stereocenters. The van der Waals surface area contributed by atoms with Crippen LogP contribution in [0.15, 0.2) is 30.3 Å². The molecule has 1 aromatic rings. The molecule has 0 bridgehead atoms. The minimum atomic E-state index is -3.48. The normalized spacial score (nSPS) is 43.1. The quantitative estimate of drug-likeness (QED) is 0.465. The van der Waals surface area contributed by atoms with Gasteiger partial charge in [0.25, 0.3) is 0 Å². The maximum atomic E-state index is 13.9. The van der Waals surface area contributed by atoms with Crippen molar-refractivity contribution < 1.29 is 18.7 Å². The fourth-order valence-electron chi connectivity index (χ4n) is 8.49. The van der Waals surface area contributed by atoms with Crippen LogP contribution in [0.3, 0.4) is 0 Å². The minimum Gasteiger partial charge on any atom is -0.391 e. The largest absolute Gasteiger partial charge is 0.391 e. The Kier molecular flexibility index (Phi) is 6.62. The van der Waals surface area contributed by atoms with E-state index in [4.69, 9.17) is 9.05 Å². The maximum Gasteiger partial charge on any atom is 0.361 e. The standard InChI is InChI=1S/C28H43O4P/c1-20(29)19-31-33(30,23-8-5-4-6-9-23)32-22-13-17-28(3)21(18-22)11-12-24-25-10-7-15-27(25,2)16-14-26(24)28/h4-6,8-9,20-22,24-26,29H,7,10-19H2,1-3H3/t20?,21-,22+,24-,25-,26-,27-,28-,33?/m0/s1. The maximum absolute atomic E-state index is 13.9. The fourth-order valence-corrected chi connectivity index (χ4v) is 10.4. The van der Waals surface area contributed by atoms with Gasteiger partial charge in [0.1, 0.15) is 0 Å². The minimum absolute atomic E-state index is 0.0178. The summed E-state index contributed by atoms with van der Waals surface area (Å²) in [5.74, 6) is 3.34. The van der Waals surface area contributed by atoms with E-state index < -0.39 is 13.7 Å². The Morgan fingerprint density at radius 1 is 1.03 bits per heavy atom. The number of aliphatic hydroxyl groups excluding tert-OH is 1. The smallest absolute Gasteiger partial charge is 0.361 e. The van der Waals surface area contributed by atoms with E-state index >= 15 is 0 Å². The monoisotopic (exact) mass is 474 g/mol. The van der Waals surface area contributed by atoms with Gasteiger partial charge >= 0.3 is 7.60 Å². The number of rotatable bonds is 6. The van der Waals surface area contributed by atoms with E-state index in [-0.39, 0.29) is 12.7 Å². The van der Waals surface area contributed by atoms with Gasteiger partial charge in [-0.3, -0.25) is 4.57 Å². The second kappa shape index (κ2) is 9.08. The number of fused-ring (bicyclic) bond motifs is 5. The van der Waals surface area contributed by atoms with Crippen LogP contribution in [0.5, 0.6) is 0 Å². The molecule has 0 aliphatic heterocycles. The molecule has 1 N–H and O–H groups in total. The topological polar surface area (TPSA) is 55.8 Å². The molecule has 5 heteroatoms. The van der Waals surface area contributed by atoms with Crippen molar-refractivity contribution >= 4 is 12.9 Å². The second-order valence-corrected chi connectivity index (χ2v) is 14.2. The summed E-state index contributed by atoms with van der Waals surface area (Å²) in [4.78, 5) is 0. The van der Waals surface area contributed by atoms with Crippen LogP contribution in [-0.2, 0) is 13.6 Å². The summed E-state index contributed by atoms with van der Waals surface area (Å²) in [6.45, 7) is 6.82. The average molecular weight is 475 g/mol. The van der Waals surface area contributed by atoms with Gasteiger partial charge in [0.15, 0.2) is 0 Å². The van der Waals surface area contributed by atoms with Crippen LogP contribution in [-0.4, -0.2) is 23.9 Å². The Bertz CT molecular complexity index is 872. The molecule has 0 amide bonds. The Hall–Kier alpha value is -0.670. The van der Waals surface area contributed by atoms with Gasteiger partial charge in [0, 0.05) is 0 Å². The van der Waals surface area contributed by atoms with E-state index in [1.807, 2.05) is 30.3 Å². The SMILES string of the molecule is CC(O)COP(=O)(O[C@@H]1CC[C@@]2(C)[C@@H](CC[C@H]3[C@@H]4CCC[C@@]4(C)CC[C@@H]32)C1)c1ccccc1. The molecule has 184 valence electrons. The molecule has 5 rings (SSSR count). The summed E-state index contributed by atoms with van der Waals surface area (Å²) < 4.78 is 26.0. The summed E-state index contributed by atoms with van der Waals surface area (Å²) in [6.07, 6.45) is 12.2. The summed E-state index contributed by atoms with van der Waals surface area (Å²) in [5.41, 5.74) is 0.998. The van der Waals surface area contributed by atoms with Gasteiger partial charge in [-0.1, -0.05) is 38.5 Å². The van der Waals surface area contributed by atoms with E-state index in [1.165, 1.54) is 44.9 Å². The van der Waals surface area contributed by atoms with Gasteiger partial charge in [-0.05, 0) is 111 Å². The molecule has 33 heavy (non-hydrogen) atoms. The molecule has 0 radical (unpaired) electrons. The third-order valence-corrected chi connectivity index (χ3v) is 12.2. The van der Waals surface area contributed by atoms with Crippen molar-refractivity contribution in [2.75, 3.05) is 6.61 Å². The van der Waals surface area contributed by atoms with Crippen molar-refractivity contribution in [1.82, 2.24) is 0 Å². The summed E-state index contributed by atoms with van der Waals surface area (Å²) in [7, 11) is -3.48. The molecule has 4 aliphatic carbocycles. The molecule has 0 aromatic heterocycles. The van der Waals surface area contributed by atoms with E-state index in [9.17, 15) is 9.67 Å². The van der Waals surface area contributed by atoms with E-state index in [2.05, 4.69) is 13.8 Å². The number of hydrogen-bond acceptors (Lipinski definition) is 4. The van der Waals surface area contributed by atoms with Crippen molar-refractivity contribution in [3.63, 3.8) is 0 Å². The van der Waals surface area contributed by atoms with Gasteiger partial charge in [0.2, 0.25) is 0 Å². The predicted molar refractivity (Wildman–Crippen MR) is 133 cm³/mol. The molecule has 0 saturated heterocycles. The molecule has 4 aliphatic rings.